The number of thiophene rings is 1. The van der Waals surface area contributed by atoms with E-state index in [4.69, 9.17) is 4.74 Å². The molecule has 2 aliphatic rings. The number of nitrogens with zero attached hydrogens (tertiary/aromatic N) is 2. The van der Waals surface area contributed by atoms with E-state index >= 15 is 0 Å². The van der Waals surface area contributed by atoms with E-state index < -0.39 is 0 Å². The maximum Gasteiger partial charge on any atom is 0.254 e. The van der Waals surface area contributed by atoms with Crippen LogP contribution in [0.1, 0.15) is 50.8 Å². The smallest absolute Gasteiger partial charge is 0.254 e. The van der Waals surface area contributed by atoms with E-state index in [0.29, 0.717) is 31.2 Å². The number of carbonyl (C=O) groups excluding carboxylic acids is 2. The Morgan fingerprint density at radius 3 is 2.61 bits per heavy atom. The van der Waals surface area contributed by atoms with Crippen molar-refractivity contribution in [3.05, 3.63) is 86.9 Å². The SMILES string of the molecule is Cc1ccc(OC[C@@H]2c3ccsc3CCN2C(=O)CN(CC2CC2)C(=O)c2ccc(F)cc2)c(C)c1. The van der Waals surface area contributed by atoms with Crippen molar-refractivity contribution < 1.29 is 18.7 Å². The largest absolute Gasteiger partial charge is 0.491 e. The standard InChI is InChI=1S/C29H31FN2O3S/c1-19-3-10-26(20(2)15-19)35-18-25-24-12-14-36-27(24)11-13-32(25)28(33)17-31(16-21-4-5-21)29(34)22-6-8-23(30)9-7-22/h3,6-10,12,14-15,21,25H,4-5,11,13,16-18H2,1-2H3/t25-/m1/s1. The van der Waals surface area contributed by atoms with Gasteiger partial charge in [0.05, 0.1) is 6.04 Å². The lowest BCUT2D eigenvalue weighted by atomic mass is 10.00. The Kier molecular flexibility index (Phi) is 7.10. The normalized spacial score (nSPS) is 17.0. The second-order valence-corrected chi connectivity index (χ2v) is 10.9. The minimum atomic E-state index is -0.386. The van der Waals surface area contributed by atoms with Crippen molar-refractivity contribution in [1.29, 1.82) is 0 Å². The van der Waals surface area contributed by atoms with Gasteiger partial charge in [-0.2, -0.15) is 0 Å². The zero-order valence-corrected chi connectivity index (χ0v) is 21.5. The second kappa shape index (κ2) is 10.4. The molecule has 5 nitrogen and oxygen atoms in total. The second-order valence-electron chi connectivity index (χ2n) is 9.87. The van der Waals surface area contributed by atoms with Gasteiger partial charge in [0.1, 0.15) is 24.7 Å². The molecule has 3 aromatic rings. The van der Waals surface area contributed by atoms with Gasteiger partial charge in [-0.3, -0.25) is 9.59 Å². The molecule has 1 atom stereocenters. The average molecular weight is 507 g/mol. The van der Waals surface area contributed by atoms with Crippen LogP contribution in [-0.4, -0.2) is 47.9 Å². The summed E-state index contributed by atoms with van der Waals surface area (Å²) in [6.45, 7) is 5.58. The van der Waals surface area contributed by atoms with Gasteiger partial charge in [-0.05, 0) is 91.9 Å². The van der Waals surface area contributed by atoms with Crippen LogP contribution in [-0.2, 0) is 11.2 Å². The number of hydrogen-bond acceptors (Lipinski definition) is 4. The van der Waals surface area contributed by atoms with Crippen molar-refractivity contribution >= 4 is 23.2 Å². The highest BCUT2D eigenvalue weighted by atomic mass is 32.1. The predicted octanol–water partition coefficient (Wildman–Crippen LogP) is 5.56. The highest BCUT2D eigenvalue weighted by Crippen LogP contribution is 2.35. The van der Waals surface area contributed by atoms with Crippen molar-refractivity contribution in [3.63, 3.8) is 0 Å². The van der Waals surface area contributed by atoms with Gasteiger partial charge in [-0.15, -0.1) is 11.3 Å². The van der Waals surface area contributed by atoms with Gasteiger partial charge in [-0.25, -0.2) is 4.39 Å². The highest BCUT2D eigenvalue weighted by Gasteiger charge is 2.35. The summed E-state index contributed by atoms with van der Waals surface area (Å²) in [7, 11) is 0. The van der Waals surface area contributed by atoms with Crippen LogP contribution >= 0.6 is 11.3 Å². The molecule has 2 amide bonds. The molecular weight excluding hydrogens is 475 g/mol. The van der Waals surface area contributed by atoms with E-state index in [1.807, 2.05) is 24.0 Å². The fourth-order valence-electron chi connectivity index (χ4n) is 4.87. The van der Waals surface area contributed by atoms with Crippen LogP contribution in [0.4, 0.5) is 4.39 Å². The molecule has 1 aliphatic heterocycles. The van der Waals surface area contributed by atoms with E-state index in [-0.39, 0.29) is 30.2 Å². The van der Waals surface area contributed by atoms with Gasteiger partial charge in [0.2, 0.25) is 5.91 Å². The maximum absolute atomic E-state index is 13.7. The Bertz CT molecular complexity index is 1250. The van der Waals surface area contributed by atoms with E-state index in [1.165, 1.54) is 34.7 Å². The molecule has 0 saturated heterocycles. The Balaban J connectivity index is 1.34. The molecule has 1 fully saturated rings. The third-order valence-electron chi connectivity index (χ3n) is 7.02. The maximum atomic E-state index is 13.7. The van der Waals surface area contributed by atoms with Crippen LogP contribution in [0.2, 0.25) is 0 Å². The molecule has 0 radical (unpaired) electrons. The first-order valence-corrected chi connectivity index (χ1v) is 13.4. The molecule has 1 aromatic heterocycles. The Labute approximate surface area is 215 Å². The highest BCUT2D eigenvalue weighted by molar-refractivity contribution is 7.10. The van der Waals surface area contributed by atoms with Gasteiger partial charge in [0, 0.05) is 23.5 Å². The van der Waals surface area contributed by atoms with Crippen molar-refractivity contribution in [3.8, 4) is 5.75 Å². The van der Waals surface area contributed by atoms with E-state index in [9.17, 15) is 14.0 Å². The Morgan fingerprint density at radius 1 is 1.11 bits per heavy atom. The molecule has 36 heavy (non-hydrogen) atoms. The number of halogens is 1. The minimum Gasteiger partial charge on any atom is -0.491 e. The van der Waals surface area contributed by atoms with E-state index in [0.717, 1.165) is 36.1 Å². The predicted molar refractivity (Wildman–Crippen MR) is 139 cm³/mol. The average Bonchev–Trinajstić information content (AvgIpc) is 3.55. The number of aryl methyl sites for hydroxylation is 2. The van der Waals surface area contributed by atoms with Crippen LogP contribution < -0.4 is 4.74 Å². The van der Waals surface area contributed by atoms with Crippen molar-refractivity contribution in [2.45, 2.75) is 39.2 Å². The first-order valence-electron chi connectivity index (χ1n) is 12.5. The number of amides is 2. The fourth-order valence-corrected chi connectivity index (χ4v) is 5.79. The Morgan fingerprint density at radius 2 is 1.89 bits per heavy atom. The molecule has 188 valence electrons. The molecule has 0 N–H and O–H groups in total. The zero-order valence-electron chi connectivity index (χ0n) is 20.7. The number of fused-ring (bicyclic) bond motifs is 1. The van der Waals surface area contributed by atoms with Gasteiger partial charge >= 0.3 is 0 Å². The lowest BCUT2D eigenvalue weighted by Gasteiger charge is -2.37. The first-order chi connectivity index (χ1) is 17.4. The van der Waals surface area contributed by atoms with Crippen LogP contribution in [0, 0.1) is 25.6 Å². The first kappa shape index (κ1) is 24.5. The molecule has 1 saturated carbocycles. The third kappa shape index (κ3) is 5.46. The molecule has 2 aromatic carbocycles. The Hall–Kier alpha value is -3.19. The summed E-state index contributed by atoms with van der Waals surface area (Å²) in [4.78, 5) is 31.7. The molecule has 0 spiro atoms. The number of benzene rings is 2. The molecule has 2 heterocycles. The molecule has 1 aliphatic carbocycles. The van der Waals surface area contributed by atoms with Crippen LogP contribution in [0.5, 0.6) is 5.75 Å². The number of hydrogen-bond donors (Lipinski definition) is 0. The zero-order chi connectivity index (χ0) is 25.2. The van der Waals surface area contributed by atoms with Gasteiger partial charge in [0.25, 0.3) is 5.91 Å². The summed E-state index contributed by atoms with van der Waals surface area (Å²) < 4.78 is 19.6. The third-order valence-corrected chi connectivity index (χ3v) is 8.02. The lowest BCUT2D eigenvalue weighted by molar-refractivity contribution is -0.135. The van der Waals surface area contributed by atoms with Gasteiger partial charge in [0.15, 0.2) is 0 Å². The van der Waals surface area contributed by atoms with Crippen LogP contribution in [0.15, 0.2) is 53.9 Å². The summed E-state index contributed by atoms with van der Waals surface area (Å²) in [6, 6.07) is 13.5. The lowest BCUT2D eigenvalue weighted by Crippen LogP contribution is -2.48. The van der Waals surface area contributed by atoms with Crippen molar-refractivity contribution in [1.82, 2.24) is 9.80 Å². The number of carbonyl (C=O) groups is 2. The molecule has 5 rings (SSSR count). The van der Waals surface area contributed by atoms with Crippen molar-refractivity contribution in [2.24, 2.45) is 5.92 Å². The molecule has 7 heteroatoms. The molecule has 0 unspecified atom stereocenters. The van der Waals surface area contributed by atoms with Crippen molar-refractivity contribution in [2.75, 3.05) is 26.2 Å². The van der Waals surface area contributed by atoms with Gasteiger partial charge in [-0.1, -0.05) is 17.7 Å². The van der Waals surface area contributed by atoms with Gasteiger partial charge < -0.3 is 14.5 Å². The minimum absolute atomic E-state index is 0.00619. The summed E-state index contributed by atoms with van der Waals surface area (Å²) in [5, 5.41) is 2.07. The summed E-state index contributed by atoms with van der Waals surface area (Å²) in [5.41, 5.74) is 3.77. The number of ether oxygens (including phenoxy) is 1. The fraction of sp³-hybridized carbons (Fsp3) is 0.379. The monoisotopic (exact) mass is 506 g/mol. The van der Waals surface area contributed by atoms with Crippen LogP contribution in [0.25, 0.3) is 0 Å². The summed E-state index contributed by atoms with van der Waals surface area (Å²) in [5.74, 6) is 0.541. The molecule has 0 bridgehead atoms. The number of rotatable bonds is 8. The topological polar surface area (TPSA) is 49.9 Å². The van der Waals surface area contributed by atoms with E-state index in [2.05, 4.69) is 24.4 Å². The summed E-state index contributed by atoms with van der Waals surface area (Å²) >= 11 is 1.71. The molecular formula is C29H31FN2O3S. The van der Waals surface area contributed by atoms with E-state index in [1.54, 1.807) is 16.2 Å². The van der Waals surface area contributed by atoms with Crippen LogP contribution in [0.3, 0.4) is 0 Å². The quantitative estimate of drug-likeness (QED) is 0.402. The summed E-state index contributed by atoms with van der Waals surface area (Å²) in [6.07, 6.45) is 2.93.